The van der Waals surface area contributed by atoms with Crippen molar-refractivity contribution in [3.63, 3.8) is 0 Å². The SMILES string of the molecule is CC(C(=O)N(C(C)C)C(C)C)N1CCCC(C)(CO)C1. The van der Waals surface area contributed by atoms with Crippen molar-refractivity contribution in [3.8, 4) is 0 Å². The van der Waals surface area contributed by atoms with Gasteiger partial charge in [-0.1, -0.05) is 6.92 Å². The summed E-state index contributed by atoms with van der Waals surface area (Å²) in [7, 11) is 0. The Bertz CT molecular complexity index is 322. The van der Waals surface area contributed by atoms with Crippen LogP contribution in [0.2, 0.25) is 0 Å². The maximum atomic E-state index is 12.7. The zero-order chi connectivity index (χ0) is 15.5. The van der Waals surface area contributed by atoms with Gasteiger partial charge >= 0.3 is 0 Å². The number of likely N-dealkylation sites (tertiary alicyclic amines) is 1. The normalized spacial score (nSPS) is 26.1. The molecule has 1 aliphatic rings. The first-order valence-corrected chi connectivity index (χ1v) is 7.89. The molecule has 0 aliphatic carbocycles. The van der Waals surface area contributed by atoms with Gasteiger partial charge in [0.05, 0.1) is 6.04 Å². The second-order valence-electron chi connectivity index (χ2n) is 7.15. The maximum absolute atomic E-state index is 12.7. The number of rotatable bonds is 5. The summed E-state index contributed by atoms with van der Waals surface area (Å²) in [6.45, 7) is 14.3. The predicted octanol–water partition coefficient (Wildman–Crippen LogP) is 2.11. The first-order chi connectivity index (χ1) is 9.22. The molecule has 0 spiro atoms. The molecule has 1 fully saturated rings. The van der Waals surface area contributed by atoms with E-state index in [4.69, 9.17) is 0 Å². The molecule has 1 aliphatic heterocycles. The molecule has 0 radical (unpaired) electrons. The van der Waals surface area contributed by atoms with E-state index in [1.807, 2.05) is 11.8 Å². The second-order valence-corrected chi connectivity index (χ2v) is 7.15. The third-order valence-electron chi connectivity index (χ3n) is 4.46. The van der Waals surface area contributed by atoms with Crippen molar-refractivity contribution >= 4 is 5.91 Å². The summed E-state index contributed by atoms with van der Waals surface area (Å²) < 4.78 is 0. The molecule has 1 saturated heterocycles. The predicted molar refractivity (Wildman–Crippen MR) is 82.6 cm³/mol. The minimum absolute atomic E-state index is 0.0622. The molecule has 0 aromatic heterocycles. The lowest BCUT2D eigenvalue weighted by Gasteiger charge is -2.43. The van der Waals surface area contributed by atoms with Crippen LogP contribution < -0.4 is 0 Å². The van der Waals surface area contributed by atoms with Gasteiger partial charge in [-0.15, -0.1) is 0 Å². The average Bonchev–Trinajstić information content (AvgIpc) is 2.37. The van der Waals surface area contributed by atoms with Crippen LogP contribution >= 0.6 is 0 Å². The molecule has 0 bridgehead atoms. The molecule has 20 heavy (non-hydrogen) atoms. The molecule has 1 N–H and O–H groups in total. The highest BCUT2D eigenvalue weighted by atomic mass is 16.3. The summed E-state index contributed by atoms with van der Waals surface area (Å²) in [5.41, 5.74) is -0.0622. The number of hydrogen-bond acceptors (Lipinski definition) is 3. The molecule has 4 nitrogen and oxygen atoms in total. The lowest BCUT2D eigenvalue weighted by Crippen LogP contribution is -2.55. The van der Waals surface area contributed by atoms with Crippen LogP contribution in [0.15, 0.2) is 0 Å². The number of amides is 1. The quantitative estimate of drug-likeness (QED) is 0.841. The Kier molecular flexibility index (Phi) is 6.02. The van der Waals surface area contributed by atoms with Gasteiger partial charge in [0, 0.05) is 30.7 Å². The topological polar surface area (TPSA) is 43.8 Å². The van der Waals surface area contributed by atoms with Crippen molar-refractivity contribution in [2.75, 3.05) is 19.7 Å². The van der Waals surface area contributed by atoms with Gasteiger partial charge in [0.25, 0.3) is 0 Å². The maximum Gasteiger partial charge on any atom is 0.240 e. The minimum atomic E-state index is -0.106. The first-order valence-electron chi connectivity index (χ1n) is 7.89. The number of carbonyl (C=O) groups is 1. The van der Waals surface area contributed by atoms with Crippen molar-refractivity contribution in [1.82, 2.24) is 9.80 Å². The Morgan fingerprint density at radius 2 is 1.80 bits per heavy atom. The van der Waals surface area contributed by atoms with Crippen LogP contribution in [0.1, 0.15) is 54.4 Å². The summed E-state index contributed by atoms with van der Waals surface area (Å²) in [5, 5.41) is 9.55. The van der Waals surface area contributed by atoms with E-state index in [0.717, 1.165) is 25.9 Å². The van der Waals surface area contributed by atoms with Crippen LogP contribution in [0, 0.1) is 5.41 Å². The van der Waals surface area contributed by atoms with E-state index in [-0.39, 0.29) is 36.1 Å². The molecular weight excluding hydrogens is 252 g/mol. The van der Waals surface area contributed by atoms with Gasteiger partial charge in [0.1, 0.15) is 0 Å². The lowest BCUT2D eigenvalue weighted by molar-refractivity contribution is -0.141. The summed E-state index contributed by atoms with van der Waals surface area (Å²) in [5.74, 6) is 0.206. The number of aliphatic hydroxyl groups excluding tert-OH is 1. The number of aliphatic hydroxyl groups is 1. The van der Waals surface area contributed by atoms with E-state index in [1.54, 1.807) is 0 Å². The van der Waals surface area contributed by atoms with E-state index in [2.05, 4.69) is 39.5 Å². The van der Waals surface area contributed by atoms with E-state index >= 15 is 0 Å². The molecular formula is C16H32N2O2. The Balaban J connectivity index is 2.78. The number of piperidine rings is 1. The van der Waals surface area contributed by atoms with Crippen molar-refractivity contribution in [3.05, 3.63) is 0 Å². The summed E-state index contributed by atoms with van der Waals surface area (Å²) in [6.07, 6.45) is 2.09. The number of hydrogen-bond donors (Lipinski definition) is 1. The highest BCUT2D eigenvalue weighted by molar-refractivity contribution is 5.82. The fourth-order valence-corrected chi connectivity index (χ4v) is 3.29. The number of carbonyl (C=O) groups excluding carboxylic acids is 1. The highest BCUT2D eigenvalue weighted by Crippen LogP contribution is 2.30. The monoisotopic (exact) mass is 284 g/mol. The average molecular weight is 284 g/mol. The third-order valence-corrected chi connectivity index (χ3v) is 4.46. The van der Waals surface area contributed by atoms with Crippen LogP contribution in [0.5, 0.6) is 0 Å². The third kappa shape index (κ3) is 3.95. The van der Waals surface area contributed by atoms with Gasteiger partial charge in [-0.2, -0.15) is 0 Å². The highest BCUT2D eigenvalue weighted by Gasteiger charge is 2.36. The van der Waals surface area contributed by atoms with Gasteiger partial charge in [0.2, 0.25) is 5.91 Å². The van der Waals surface area contributed by atoms with E-state index in [0.29, 0.717) is 0 Å². The molecule has 0 aromatic rings. The van der Waals surface area contributed by atoms with Crippen molar-refractivity contribution in [1.29, 1.82) is 0 Å². The molecule has 2 atom stereocenters. The summed E-state index contributed by atoms with van der Waals surface area (Å²) in [4.78, 5) is 17.0. The van der Waals surface area contributed by atoms with Crippen LogP contribution in [-0.4, -0.2) is 58.6 Å². The summed E-state index contributed by atoms with van der Waals surface area (Å²) >= 11 is 0. The standard InChI is InChI=1S/C16H32N2O2/c1-12(2)18(13(3)4)15(20)14(5)17-9-7-8-16(6,10-17)11-19/h12-14,19H,7-11H2,1-6H3. The Hall–Kier alpha value is -0.610. The van der Waals surface area contributed by atoms with E-state index < -0.39 is 0 Å². The molecule has 2 unspecified atom stereocenters. The zero-order valence-electron chi connectivity index (χ0n) is 14.0. The van der Waals surface area contributed by atoms with E-state index in [9.17, 15) is 9.90 Å². The first kappa shape index (κ1) is 17.4. The summed E-state index contributed by atoms with van der Waals surface area (Å²) in [6, 6.07) is 0.337. The van der Waals surface area contributed by atoms with Crippen molar-refractivity contribution in [2.45, 2.75) is 72.5 Å². The van der Waals surface area contributed by atoms with Gasteiger partial charge in [-0.05, 0) is 54.0 Å². The molecule has 1 rings (SSSR count). The van der Waals surface area contributed by atoms with Crippen molar-refractivity contribution in [2.24, 2.45) is 5.41 Å². The number of nitrogens with zero attached hydrogens (tertiary/aromatic N) is 2. The Labute approximate surface area is 124 Å². The Morgan fingerprint density at radius 1 is 1.25 bits per heavy atom. The molecule has 4 heteroatoms. The van der Waals surface area contributed by atoms with Gasteiger partial charge < -0.3 is 10.0 Å². The zero-order valence-corrected chi connectivity index (χ0v) is 14.0. The Morgan fingerprint density at radius 3 is 2.25 bits per heavy atom. The van der Waals surface area contributed by atoms with Crippen LogP contribution in [0.4, 0.5) is 0 Å². The second kappa shape index (κ2) is 6.90. The molecule has 0 aromatic carbocycles. The molecule has 0 saturated carbocycles. The largest absolute Gasteiger partial charge is 0.396 e. The van der Waals surface area contributed by atoms with Crippen LogP contribution in [0.25, 0.3) is 0 Å². The molecule has 1 amide bonds. The minimum Gasteiger partial charge on any atom is -0.396 e. The fourth-order valence-electron chi connectivity index (χ4n) is 3.29. The van der Waals surface area contributed by atoms with E-state index in [1.165, 1.54) is 0 Å². The van der Waals surface area contributed by atoms with Gasteiger partial charge in [0.15, 0.2) is 0 Å². The smallest absolute Gasteiger partial charge is 0.240 e. The molecule has 1 heterocycles. The van der Waals surface area contributed by atoms with Crippen LogP contribution in [-0.2, 0) is 4.79 Å². The molecule has 118 valence electrons. The van der Waals surface area contributed by atoms with Gasteiger partial charge in [-0.3, -0.25) is 9.69 Å². The lowest BCUT2D eigenvalue weighted by atomic mass is 9.82. The van der Waals surface area contributed by atoms with Crippen molar-refractivity contribution < 1.29 is 9.90 Å². The van der Waals surface area contributed by atoms with Crippen LogP contribution in [0.3, 0.4) is 0 Å². The van der Waals surface area contributed by atoms with Gasteiger partial charge in [-0.25, -0.2) is 0 Å². The fraction of sp³-hybridized carbons (Fsp3) is 0.938.